The third-order valence-corrected chi connectivity index (χ3v) is 2.79. The van der Waals surface area contributed by atoms with Gasteiger partial charge in [0.25, 0.3) is 0 Å². The number of hydrogen-bond donors (Lipinski definition) is 1. The Morgan fingerprint density at radius 3 is 2.73 bits per heavy atom. The van der Waals surface area contributed by atoms with Crippen LogP contribution in [0.4, 0.5) is 0 Å². The zero-order chi connectivity index (χ0) is 11.3. The molecule has 0 bridgehead atoms. The van der Waals surface area contributed by atoms with Gasteiger partial charge in [0.2, 0.25) is 0 Å². The molecule has 4 heteroatoms. The second kappa shape index (κ2) is 6.48. The summed E-state index contributed by atoms with van der Waals surface area (Å²) < 4.78 is 1.03. The minimum atomic E-state index is 0.779. The van der Waals surface area contributed by atoms with E-state index in [0.717, 1.165) is 29.1 Å². The Morgan fingerprint density at radius 2 is 2.13 bits per heavy atom. The summed E-state index contributed by atoms with van der Waals surface area (Å²) in [5.74, 6) is 0. The van der Waals surface area contributed by atoms with Crippen LogP contribution < -0.4 is 5.32 Å². The van der Waals surface area contributed by atoms with E-state index in [2.05, 4.69) is 39.3 Å². The summed E-state index contributed by atoms with van der Waals surface area (Å²) in [6, 6.07) is 6.00. The Morgan fingerprint density at radius 1 is 1.40 bits per heavy atom. The molecule has 0 spiro atoms. The predicted octanol–water partition coefficient (Wildman–Crippen LogP) is 2.75. The molecular formula is C11H16BrClN2. The number of hydrogen-bond acceptors (Lipinski definition) is 2. The Bertz CT molecular complexity index is 297. The molecule has 0 aromatic heterocycles. The maximum atomic E-state index is 5.98. The summed E-state index contributed by atoms with van der Waals surface area (Å²) in [4.78, 5) is 2.26. The van der Waals surface area contributed by atoms with Gasteiger partial charge >= 0.3 is 0 Å². The van der Waals surface area contributed by atoms with Crippen molar-refractivity contribution in [3.8, 4) is 0 Å². The lowest BCUT2D eigenvalue weighted by atomic mass is 10.2. The quantitative estimate of drug-likeness (QED) is 0.897. The van der Waals surface area contributed by atoms with Gasteiger partial charge in [0.1, 0.15) is 0 Å². The molecule has 0 radical (unpaired) electrons. The standard InChI is InChI=1S/C11H16BrClN2/c1-14-3-4-15(2)8-9-5-10(12)7-11(13)6-9/h5-7,14H,3-4,8H2,1-2H3. The van der Waals surface area contributed by atoms with E-state index in [1.54, 1.807) is 0 Å². The van der Waals surface area contributed by atoms with Crippen LogP contribution in [0, 0.1) is 0 Å². The second-order valence-electron chi connectivity index (χ2n) is 3.62. The van der Waals surface area contributed by atoms with Crippen molar-refractivity contribution in [3.63, 3.8) is 0 Å². The maximum Gasteiger partial charge on any atom is 0.0420 e. The van der Waals surface area contributed by atoms with Crippen molar-refractivity contribution in [2.45, 2.75) is 6.54 Å². The van der Waals surface area contributed by atoms with Crippen LogP contribution in [0.1, 0.15) is 5.56 Å². The summed E-state index contributed by atoms with van der Waals surface area (Å²) >= 11 is 9.42. The molecule has 0 aliphatic rings. The monoisotopic (exact) mass is 290 g/mol. The fourth-order valence-corrected chi connectivity index (χ4v) is 2.33. The van der Waals surface area contributed by atoms with Gasteiger partial charge in [0, 0.05) is 29.1 Å². The SMILES string of the molecule is CNCCN(C)Cc1cc(Cl)cc(Br)c1. The van der Waals surface area contributed by atoms with Gasteiger partial charge in [-0.3, -0.25) is 0 Å². The maximum absolute atomic E-state index is 5.98. The summed E-state index contributed by atoms with van der Waals surface area (Å²) in [6.07, 6.45) is 0. The lowest BCUT2D eigenvalue weighted by Gasteiger charge is -2.16. The number of nitrogens with zero attached hydrogens (tertiary/aromatic N) is 1. The zero-order valence-electron chi connectivity index (χ0n) is 9.06. The number of nitrogens with one attached hydrogen (secondary N) is 1. The van der Waals surface area contributed by atoms with Gasteiger partial charge in [-0.1, -0.05) is 27.5 Å². The summed E-state index contributed by atoms with van der Waals surface area (Å²) in [6.45, 7) is 2.94. The zero-order valence-corrected chi connectivity index (χ0v) is 11.4. The van der Waals surface area contributed by atoms with Crippen molar-refractivity contribution in [3.05, 3.63) is 33.3 Å². The number of rotatable bonds is 5. The van der Waals surface area contributed by atoms with Gasteiger partial charge in [-0.25, -0.2) is 0 Å². The van der Waals surface area contributed by atoms with Crippen molar-refractivity contribution in [1.29, 1.82) is 0 Å². The van der Waals surface area contributed by atoms with E-state index in [1.807, 2.05) is 19.2 Å². The number of benzene rings is 1. The summed E-state index contributed by atoms with van der Waals surface area (Å²) in [7, 11) is 4.07. The van der Waals surface area contributed by atoms with Crippen LogP contribution in [0.5, 0.6) is 0 Å². The molecule has 0 saturated heterocycles. The Labute approximate surface area is 105 Å². The number of likely N-dealkylation sites (N-methyl/N-ethyl adjacent to an activating group) is 2. The van der Waals surface area contributed by atoms with Crippen LogP contribution in [-0.4, -0.2) is 32.1 Å². The van der Waals surface area contributed by atoms with Crippen molar-refractivity contribution in [2.75, 3.05) is 27.2 Å². The van der Waals surface area contributed by atoms with Crippen molar-refractivity contribution >= 4 is 27.5 Å². The highest BCUT2D eigenvalue weighted by Gasteiger charge is 2.02. The van der Waals surface area contributed by atoms with Gasteiger partial charge in [-0.05, 0) is 37.9 Å². The van der Waals surface area contributed by atoms with Crippen LogP contribution in [0.25, 0.3) is 0 Å². The summed E-state index contributed by atoms with van der Waals surface area (Å²) in [5.41, 5.74) is 1.23. The van der Waals surface area contributed by atoms with Crippen LogP contribution in [0.2, 0.25) is 5.02 Å². The van der Waals surface area contributed by atoms with Crippen molar-refractivity contribution in [1.82, 2.24) is 10.2 Å². The molecule has 0 aliphatic carbocycles. The molecule has 0 aliphatic heterocycles. The first kappa shape index (κ1) is 13.0. The van der Waals surface area contributed by atoms with Gasteiger partial charge in [0.15, 0.2) is 0 Å². The fourth-order valence-electron chi connectivity index (χ4n) is 1.40. The average molecular weight is 292 g/mol. The van der Waals surface area contributed by atoms with E-state index in [4.69, 9.17) is 11.6 Å². The summed E-state index contributed by atoms with van der Waals surface area (Å²) in [5, 5.41) is 3.91. The van der Waals surface area contributed by atoms with E-state index < -0.39 is 0 Å². The first-order chi connectivity index (χ1) is 7.11. The molecule has 0 saturated carbocycles. The number of halogens is 2. The highest BCUT2D eigenvalue weighted by Crippen LogP contribution is 2.20. The van der Waals surface area contributed by atoms with Gasteiger partial charge in [0.05, 0.1) is 0 Å². The fraction of sp³-hybridized carbons (Fsp3) is 0.455. The van der Waals surface area contributed by atoms with Crippen LogP contribution >= 0.6 is 27.5 Å². The van der Waals surface area contributed by atoms with Crippen LogP contribution in [0.3, 0.4) is 0 Å². The molecule has 2 nitrogen and oxygen atoms in total. The van der Waals surface area contributed by atoms with Gasteiger partial charge in [-0.15, -0.1) is 0 Å². The lowest BCUT2D eigenvalue weighted by Crippen LogP contribution is -2.26. The molecule has 15 heavy (non-hydrogen) atoms. The molecule has 1 aromatic carbocycles. The normalized spacial score (nSPS) is 11.0. The van der Waals surface area contributed by atoms with E-state index in [1.165, 1.54) is 5.56 Å². The molecule has 1 aromatic rings. The Balaban J connectivity index is 2.56. The van der Waals surface area contributed by atoms with E-state index in [9.17, 15) is 0 Å². The molecular weight excluding hydrogens is 275 g/mol. The largest absolute Gasteiger partial charge is 0.318 e. The van der Waals surface area contributed by atoms with Crippen LogP contribution in [-0.2, 0) is 6.54 Å². The minimum Gasteiger partial charge on any atom is -0.318 e. The third kappa shape index (κ3) is 4.98. The molecule has 0 atom stereocenters. The Hall–Kier alpha value is -0.0900. The molecule has 84 valence electrons. The molecule has 0 unspecified atom stereocenters. The second-order valence-corrected chi connectivity index (χ2v) is 4.97. The Kier molecular flexibility index (Phi) is 5.61. The molecule has 0 heterocycles. The van der Waals surface area contributed by atoms with E-state index in [-0.39, 0.29) is 0 Å². The van der Waals surface area contributed by atoms with E-state index in [0.29, 0.717) is 0 Å². The minimum absolute atomic E-state index is 0.779. The van der Waals surface area contributed by atoms with Crippen LogP contribution in [0.15, 0.2) is 22.7 Å². The third-order valence-electron chi connectivity index (χ3n) is 2.12. The first-order valence-corrected chi connectivity index (χ1v) is 6.07. The van der Waals surface area contributed by atoms with Gasteiger partial charge in [-0.2, -0.15) is 0 Å². The lowest BCUT2D eigenvalue weighted by molar-refractivity contribution is 0.328. The molecule has 1 N–H and O–H groups in total. The average Bonchev–Trinajstić information content (AvgIpc) is 2.13. The highest BCUT2D eigenvalue weighted by molar-refractivity contribution is 9.10. The topological polar surface area (TPSA) is 15.3 Å². The van der Waals surface area contributed by atoms with Crippen molar-refractivity contribution in [2.24, 2.45) is 0 Å². The van der Waals surface area contributed by atoms with E-state index >= 15 is 0 Å². The van der Waals surface area contributed by atoms with Crippen molar-refractivity contribution < 1.29 is 0 Å². The predicted molar refractivity (Wildman–Crippen MR) is 69.4 cm³/mol. The molecule has 0 amide bonds. The smallest absolute Gasteiger partial charge is 0.0420 e. The molecule has 0 fully saturated rings. The van der Waals surface area contributed by atoms with Gasteiger partial charge < -0.3 is 10.2 Å². The first-order valence-electron chi connectivity index (χ1n) is 4.90. The highest BCUT2D eigenvalue weighted by atomic mass is 79.9. The molecule has 1 rings (SSSR count).